The van der Waals surface area contributed by atoms with Crippen LogP contribution < -0.4 is 0 Å². The Kier molecular flexibility index (Phi) is 6.36. The number of ether oxygens (including phenoxy) is 2. The highest BCUT2D eigenvalue weighted by atomic mass is 16.6. The van der Waals surface area contributed by atoms with Crippen LogP contribution in [0.15, 0.2) is 43.0 Å². The quantitative estimate of drug-likeness (QED) is 0.617. The molecule has 0 saturated carbocycles. The zero-order valence-corrected chi connectivity index (χ0v) is 14.6. The largest absolute Gasteiger partial charge is 0.467 e. The number of carbonyl (C=O) groups is 2. The van der Waals surface area contributed by atoms with Gasteiger partial charge in [-0.2, -0.15) is 5.26 Å². The van der Waals surface area contributed by atoms with E-state index in [1.165, 1.54) is 13.2 Å². The summed E-state index contributed by atoms with van der Waals surface area (Å²) in [6.07, 6.45) is -0.234. The molecule has 7 nitrogen and oxygen atoms in total. The molecule has 0 radical (unpaired) electrons. The highest BCUT2D eigenvalue weighted by Gasteiger charge is 2.58. The van der Waals surface area contributed by atoms with Gasteiger partial charge in [-0.05, 0) is 12.0 Å². The summed E-state index contributed by atoms with van der Waals surface area (Å²) in [5.74, 6) is -0.699. The summed E-state index contributed by atoms with van der Waals surface area (Å²) in [6, 6.07) is 9.98. The summed E-state index contributed by atoms with van der Waals surface area (Å²) in [6.45, 7) is 3.56. The molecule has 1 heterocycles. The van der Waals surface area contributed by atoms with Crippen molar-refractivity contribution in [1.29, 1.82) is 5.26 Å². The van der Waals surface area contributed by atoms with Crippen LogP contribution in [-0.4, -0.2) is 47.9 Å². The first-order valence-corrected chi connectivity index (χ1v) is 8.21. The summed E-state index contributed by atoms with van der Waals surface area (Å²) in [5.41, 5.74) is -0.375. The van der Waals surface area contributed by atoms with Gasteiger partial charge >= 0.3 is 12.1 Å². The summed E-state index contributed by atoms with van der Waals surface area (Å²) in [7, 11) is 1.20. The maximum absolute atomic E-state index is 12.6. The number of benzene rings is 1. The summed E-state index contributed by atoms with van der Waals surface area (Å²) < 4.78 is 10.1. The van der Waals surface area contributed by atoms with Crippen molar-refractivity contribution in [2.24, 2.45) is 5.41 Å². The van der Waals surface area contributed by atoms with E-state index in [0.29, 0.717) is 0 Å². The molecule has 1 N–H and O–H groups in total. The van der Waals surface area contributed by atoms with Gasteiger partial charge in [0.2, 0.25) is 0 Å². The standard InChI is InChI=1S/C19H22N2O5/c1-3-9-19(10-11-20)15(22)12-21(16(19)17(23)25-2)18(24)26-13-14-7-5-4-6-8-14/h3-8,15-16,22H,1,9-10,12-13H2,2H3/t15-,16-,19+/m1/s1. The number of carbonyl (C=O) groups excluding carboxylic acids is 2. The van der Waals surface area contributed by atoms with Crippen LogP contribution in [-0.2, 0) is 20.9 Å². The van der Waals surface area contributed by atoms with Crippen LogP contribution in [0.2, 0.25) is 0 Å². The lowest BCUT2D eigenvalue weighted by molar-refractivity contribution is -0.150. The first-order valence-electron chi connectivity index (χ1n) is 8.21. The Morgan fingerprint density at radius 2 is 2.15 bits per heavy atom. The number of amides is 1. The molecule has 138 valence electrons. The first kappa shape index (κ1) is 19.5. The molecule has 1 aliphatic heterocycles. The second-order valence-corrected chi connectivity index (χ2v) is 6.19. The molecule has 1 aromatic carbocycles. The lowest BCUT2D eigenvalue weighted by atomic mass is 9.73. The second-order valence-electron chi connectivity index (χ2n) is 6.19. The van der Waals surface area contributed by atoms with E-state index in [1.54, 1.807) is 0 Å². The van der Waals surface area contributed by atoms with Gasteiger partial charge in [0.25, 0.3) is 0 Å². The van der Waals surface area contributed by atoms with E-state index in [0.717, 1.165) is 10.5 Å². The lowest BCUT2D eigenvalue weighted by Crippen LogP contribution is -2.50. The third-order valence-corrected chi connectivity index (χ3v) is 4.69. The number of rotatable bonds is 6. The van der Waals surface area contributed by atoms with Crippen LogP contribution in [0.5, 0.6) is 0 Å². The molecule has 0 spiro atoms. The molecular formula is C19H22N2O5. The molecule has 7 heteroatoms. The molecule has 3 atom stereocenters. The number of methoxy groups -OCH3 is 1. The fourth-order valence-electron chi connectivity index (χ4n) is 3.37. The average Bonchev–Trinajstić information content (AvgIpc) is 2.93. The number of hydrogen-bond acceptors (Lipinski definition) is 6. The third kappa shape index (κ3) is 3.70. The van der Waals surface area contributed by atoms with Crippen molar-refractivity contribution in [3.63, 3.8) is 0 Å². The van der Waals surface area contributed by atoms with Gasteiger partial charge in [0, 0.05) is 11.8 Å². The zero-order chi connectivity index (χ0) is 19.2. The Hall–Kier alpha value is -2.85. The predicted molar refractivity (Wildman–Crippen MR) is 92.6 cm³/mol. The van der Waals surface area contributed by atoms with Gasteiger partial charge in [-0.3, -0.25) is 4.90 Å². The van der Waals surface area contributed by atoms with Gasteiger partial charge in [-0.15, -0.1) is 6.58 Å². The van der Waals surface area contributed by atoms with E-state index in [9.17, 15) is 20.0 Å². The van der Waals surface area contributed by atoms with Crippen molar-refractivity contribution in [2.45, 2.75) is 31.6 Å². The predicted octanol–water partition coefficient (Wildman–Crippen LogP) is 2.02. The summed E-state index contributed by atoms with van der Waals surface area (Å²) in [5, 5.41) is 19.8. The smallest absolute Gasteiger partial charge is 0.410 e. The minimum Gasteiger partial charge on any atom is -0.467 e. The number of aliphatic hydroxyl groups is 1. The van der Waals surface area contributed by atoms with Crippen LogP contribution in [0.3, 0.4) is 0 Å². The van der Waals surface area contributed by atoms with Crippen molar-refractivity contribution in [3.05, 3.63) is 48.6 Å². The van der Waals surface area contributed by atoms with Crippen molar-refractivity contribution in [3.8, 4) is 6.07 Å². The normalized spacial score (nSPS) is 24.6. The Balaban J connectivity index is 2.25. The molecule has 1 aromatic rings. The molecule has 1 aliphatic rings. The van der Waals surface area contributed by atoms with Crippen molar-refractivity contribution < 1.29 is 24.2 Å². The van der Waals surface area contributed by atoms with E-state index in [-0.39, 0.29) is 26.0 Å². The number of hydrogen-bond donors (Lipinski definition) is 1. The van der Waals surface area contributed by atoms with Crippen LogP contribution in [0.4, 0.5) is 4.79 Å². The van der Waals surface area contributed by atoms with Crippen LogP contribution in [0.1, 0.15) is 18.4 Å². The van der Waals surface area contributed by atoms with Crippen LogP contribution >= 0.6 is 0 Å². The van der Waals surface area contributed by atoms with Crippen molar-refractivity contribution in [1.82, 2.24) is 4.90 Å². The first-order chi connectivity index (χ1) is 12.5. The molecule has 2 rings (SSSR count). The molecule has 1 fully saturated rings. The SMILES string of the molecule is C=CC[C@]1(CC#N)[C@H](O)CN(C(=O)OCc2ccccc2)[C@@H]1C(=O)OC. The molecular weight excluding hydrogens is 336 g/mol. The van der Waals surface area contributed by atoms with E-state index in [2.05, 4.69) is 6.58 Å². The zero-order valence-electron chi connectivity index (χ0n) is 14.6. The van der Waals surface area contributed by atoms with Gasteiger partial charge in [-0.1, -0.05) is 36.4 Å². The molecule has 1 saturated heterocycles. The van der Waals surface area contributed by atoms with Crippen molar-refractivity contribution in [2.75, 3.05) is 13.7 Å². The number of allylic oxidation sites excluding steroid dienone is 1. The highest BCUT2D eigenvalue weighted by Crippen LogP contribution is 2.44. The Bertz CT molecular complexity index is 700. The summed E-state index contributed by atoms with van der Waals surface area (Å²) in [4.78, 5) is 26.1. The Morgan fingerprint density at radius 3 is 2.73 bits per heavy atom. The molecule has 0 aromatic heterocycles. The van der Waals surface area contributed by atoms with Gasteiger partial charge in [0.15, 0.2) is 0 Å². The molecule has 26 heavy (non-hydrogen) atoms. The Labute approximate surface area is 152 Å². The van der Waals surface area contributed by atoms with Gasteiger partial charge < -0.3 is 14.6 Å². The van der Waals surface area contributed by atoms with Gasteiger partial charge in [0.05, 0.1) is 25.8 Å². The number of β-amino-alcohol motifs (C(OH)–C–C–N with tert-alkyl or cyclic N) is 1. The second kappa shape index (κ2) is 8.50. The third-order valence-electron chi connectivity index (χ3n) is 4.69. The van der Waals surface area contributed by atoms with Gasteiger partial charge in [0.1, 0.15) is 12.6 Å². The number of nitrogens with zero attached hydrogens (tertiary/aromatic N) is 2. The number of likely N-dealkylation sites (tertiary alicyclic amines) is 1. The van der Waals surface area contributed by atoms with E-state index < -0.39 is 29.6 Å². The summed E-state index contributed by atoms with van der Waals surface area (Å²) >= 11 is 0. The van der Waals surface area contributed by atoms with Gasteiger partial charge in [-0.25, -0.2) is 9.59 Å². The minimum atomic E-state index is -1.17. The number of nitriles is 1. The number of aliphatic hydroxyl groups excluding tert-OH is 1. The molecule has 0 bridgehead atoms. The van der Waals surface area contributed by atoms with E-state index in [4.69, 9.17) is 9.47 Å². The van der Waals surface area contributed by atoms with E-state index >= 15 is 0 Å². The topological polar surface area (TPSA) is 99.9 Å². The van der Waals surface area contributed by atoms with Crippen molar-refractivity contribution >= 4 is 12.1 Å². The molecule has 1 amide bonds. The minimum absolute atomic E-state index is 0.0346. The monoisotopic (exact) mass is 358 g/mol. The van der Waals surface area contributed by atoms with E-state index in [1.807, 2.05) is 36.4 Å². The fourth-order valence-corrected chi connectivity index (χ4v) is 3.37. The lowest BCUT2D eigenvalue weighted by Gasteiger charge is -2.34. The number of esters is 1. The average molecular weight is 358 g/mol. The maximum Gasteiger partial charge on any atom is 0.410 e. The van der Waals surface area contributed by atoms with Crippen LogP contribution in [0.25, 0.3) is 0 Å². The highest BCUT2D eigenvalue weighted by molar-refractivity contribution is 5.83. The molecule has 0 aliphatic carbocycles. The van der Waals surface area contributed by atoms with Crippen LogP contribution in [0, 0.1) is 16.7 Å². The molecule has 0 unspecified atom stereocenters. The maximum atomic E-state index is 12.6. The Morgan fingerprint density at radius 1 is 1.46 bits per heavy atom. The fraction of sp³-hybridized carbons (Fsp3) is 0.421.